The van der Waals surface area contributed by atoms with Crippen LogP contribution in [0.5, 0.6) is 0 Å². The van der Waals surface area contributed by atoms with Crippen molar-refractivity contribution in [3.63, 3.8) is 0 Å². The summed E-state index contributed by atoms with van der Waals surface area (Å²) in [5.74, 6) is 0. The largest absolute Gasteiger partial charge is 0.326 e. The quantitative estimate of drug-likeness (QED) is 0.634. The molecule has 0 heterocycles. The molecule has 0 amide bonds. The van der Waals surface area contributed by atoms with Crippen LogP contribution in [-0.2, 0) is 13.0 Å². The maximum atomic E-state index is 5.66. The fourth-order valence-electron chi connectivity index (χ4n) is 2.30. The third-order valence-corrected chi connectivity index (χ3v) is 3.10. The van der Waals surface area contributed by atoms with Crippen LogP contribution in [0, 0.1) is 0 Å². The first-order valence-corrected chi connectivity index (χ1v) is 5.28. The van der Waals surface area contributed by atoms with Crippen molar-refractivity contribution in [3.05, 3.63) is 59.2 Å². The topological polar surface area (TPSA) is 26.0 Å². The maximum absolute atomic E-state index is 5.66. The minimum absolute atomic E-state index is 0.620. The Morgan fingerprint density at radius 2 is 1.73 bits per heavy atom. The van der Waals surface area contributed by atoms with Gasteiger partial charge >= 0.3 is 0 Å². The van der Waals surface area contributed by atoms with Crippen LogP contribution in [0.4, 0.5) is 0 Å². The molecule has 0 radical (unpaired) electrons. The zero-order valence-corrected chi connectivity index (χ0v) is 8.53. The number of hydrogen-bond donors (Lipinski definition) is 1. The van der Waals surface area contributed by atoms with Crippen LogP contribution >= 0.6 is 0 Å². The zero-order chi connectivity index (χ0) is 10.3. The number of hydrogen-bond acceptors (Lipinski definition) is 1. The second kappa shape index (κ2) is 3.21. The SMILES string of the molecule is NCc1ccc2c(c1)-c1ccccc1C2. The van der Waals surface area contributed by atoms with Crippen molar-refractivity contribution < 1.29 is 0 Å². The number of nitrogens with two attached hydrogens (primary N) is 1. The van der Waals surface area contributed by atoms with E-state index in [2.05, 4.69) is 42.5 Å². The third-order valence-electron chi connectivity index (χ3n) is 3.10. The molecule has 3 rings (SSSR count). The minimum Gasteiger partial charge on any atom is -0.326 e. The first-order valence-electron chi connectivity index (χ1n) is 5.28. The van der Waals surface area contributed by atoms with Gasteiger partial charge in [-0.1, -0.05) is 36.4 Å². The fourth-order valence-corrected chi connectivity index (χ4v) is 2.30. The van der Waals surface area contributed by atoms with Gasteiger partial charge in [-0.2, -0.15) is 0 Å². The van der Waals surface area contributed by atoms with Crippen molar-refractivity contribution in [1.29, 1.82) is 0 Å². The van der Waals surface area contributed by atoms with Gasteiger partial charge in [0.15, 0.2) is 0 Å². The standard InChI is InChI=1S/C14H13N/c15-9-10-5-6-12-8-11-3-1-2-4-13(11)14(12)7-10/h1-7H,8-9,15H2. The molecule has 0 saturated carbocycles. The van der Waals surface area contributed by atoms with Crippen molar-refractivity contribution in [1.82, 2.24) is 0 Å². The first kappa shape index (κ1) is 8.69. The molecule has 15 heavy (non-hydrogen) atoms. The molecule has 1 heteroatoms. The summed E-state index contributed by atoms with van der Waals surface area (Å²) in [6.45, 7) is 0.620. The van der Waals surface area contributed by atoms with Gasteiger partial charge in [-0.05, 0) is 40.3 Å². The Labute approximate surface area is 89.6 Å². The Kier molecular flexibility index (Phi) is 1.86. The van der Waals surface area contributed by atoms with Crippen LogP contribution in [0.2, 0.25) is 0 Å². The highest BCUT2D eigenvalue weighted by atomic mass is 14.5. The van der Waals surface area contributed by atoms with Crippen LogP contribution in [-0.4, -0.2) is 0 Å². The van der Waals surface area contributed by atoms with Gasteiger partial charge in [0.1, 0.15) is 0 Å². The average Bonchev–Trinajstić information content (AvgIpc) is 2.66. The van der Waals surface area contributed by atoms with E-state index in [9.17, 15) is 0 Å². The molecule has 0 bridgehead atoms. The summed E-state index contributed by atoms with van der Waals surface area (Å²) in [6, 6.07) is 15.2. The Morgan fingerprint density at radius 3 is 2.60 bits per heavy atom. The normalized spacial score (nSPS) is 12.3. The molecule has 2 aromatic rings. The van der Waals surface area contributed by atoms with E-state index in [-0.39, 0.29) is 0 Å². The summed E-state index contributed by atoms with van der Waals surface area (Å²) in [4.78, 5) is 0. The van der Waals surface area contributed by atoms with Gasteiger partial charge < -0.3 is 5.73 Å². The molecule has 2 aromatic carbocycles. The van der Waals surface area contributed by atoms with E-state index in [1.807, 2.05) is 0 Å². The smallest absolute Gasteiger partial charge is 0.0178 e. The summed E-state index contributed by atoms with van der Waals surface area (Å²) in [5, 5.41) is 0. The Balaban J connectivity index is 2.22. The summed E-state index contributed by atoms with van der Waals surface area (Å²) < 4.78 is 0. The molecular formula is C14H13N. The number of benzene rings is 2. The number of rotatable bonds is 1. The van der Waals surface area contributed by atoms with Crippen LogP contribution in [0.25, 0.3) is 11.1 Å². The minimum atomic E-state index is 0.620. The van der Waals surface area contributed by atoms with Crippen LogP contribution in [0.3, 0.4) is 0 Å². The lowest BCUT2D eigenvalue weighted by Crippen LogP contribution is -1.96. The molecule has 0 spiro atoms. The van der Waals surface area contributed by atoms with Gasteiger partial charge in [-0.3, -0.25) is 0 Å². The maximum Gasteiger partial charge on any atom is 0.0178 e. The lowest BCUT2D eigenvalue weighted by molar-refractivity contribution is 1.07. The van der Waals surface area contributed by atoms with Gasteiger partial charge in [0.25, 0.3) is 0 Å². The monoisotopic (exact) mass is 195 g/mol. The summed E-state index contributed by atoms with van der Waals surface area (Å²) in [6.07, 6.45) is 1.07. The molecule has 1 aliphatic carbocycles. The molecule has 0 saturated heterocycles. The zero-order valence-electron chi connectivity index (χ0n) is 8.53. The second-order valence-corrected chi connectivity index (χ2v) is 4.03. The predicted octanol–water partition coefficient (Wildman–Crippen LogP) is 2.72. The Morgan fingerprint density at radius 1 is 0.933 bits per heavy atom. The molecule has 1 aliphatic rings. The van der Waals surface area contributed by atoms with E-state index in [4.69, 9.17) is 5.73 Å². The van der Waals surface area contributed by atoms with E-state index in [0.29, 0.717) is 6.54 Å². The molecule has 0 atom stereocenters. The highest BCUT2D eigenvalue weighted by molar-refractivity contribution is 5.77. The van der Waals surface area contributed by atoms with Crippen LogP contribution in [0.1, 0.15) is 16.7 Å². The van der Waals surface area contributed by atoms with Crippen molar-refractivity contribution in [2.75, 3.05) is 0 Å². The fraction of sp³-hybridized carbons (Fsp3) is 0.143. The molecule has 0 fully saturated rings. The van der Waals surface area contributed by atoms with Crippen molar-refractivity contribution in [3.8, 4) is 11.1 Å². The van der Waals surface area contributed by atoms with E-state index >= 15 is 0 Å². The molecular weight excluding hydrogens is 182 g/mol. The highest BCUT2D eigenvalue weighted by Gasteiger charge is 2.17. The van der Waals surface area contributed by atoms with Gasteiger partial charge in [0.2, 0.25) is 0 Å². The van der Waals surface area contributed by atoms with Crippen molar-refractivity contribution in [2.45, 2.75) is 13.0 Å². The molecule has 1 nitrogen and oxygen atoms in total. The predicted molar refractivity (Wildman–Crippen MR) is 62.6 cm³/mol. The van der Waals surface area contributed by atoms with Crippen molar-refractivity contribution in [2.24, 2.45) is 5.73 Å². The Bertz CT molecular complexity index is 514. The van der Waals surface area contributed by atoms with Gasteiger partial charge in [-0.15, -0.1) is 0 Å². The average molecular weight is 195 g/mol. The molecule has 0 aliphatic heterocycles. The van der Waals surface area contributed by atoms with E-state index in [1.165, 1.54) is 27.8 Å². The van der Waals surface area contributed by atoms with E-state index < -0.39 is 0 Å². The van der Waals surface area contributed by atoms with E-state index in [1.54, 1.807) is 0 Å². The van der Waals surface area contributed by atoms with Crippen molar-refractivity contribution >= 4 is 0 Å². The molecule has 2 N–H and O–H groups in total. The summed E-state index contributed by atoms with van der Waals surface area (Å²) in [7, 11) is 0. The highest BCUT2D eigenvalue weighted by Crippen LogP contribution is 2.36. The second-order valence-electron chi connectivity index (χ2n) is 4.03. The molecule has 0 unspecified atom stereocenters. The lowest BCUT2D eigenvalue weighted by Gasteiger charge is -2.03. The lowest BCUT2D eigenvalue weighted by atomic mass is 10.0. The van der Waals surface area contributed by atoms with Gasteiger partial charge in [0, 0.05) is 6.54 Å². The van der Waals surface area contributed by atoms with Crippen LogP contribution < -0.4 is 5.73 Å². The Hall–Kier alpha value is -1.60. The first-order chi connectivity index (χ1) is 7.38. The summed E-state index contributed by atoms with van der Waals surface area (Å²) >= 11 is 0. The van der Waals surface area contributed by atoms with Crippen LogP contribution in [0.15, 0.2) is 42.5 Å². The summed E-state index contributed by atoms with van der Waals surface area (Å²) in [5.41, 5.74) is 12.5. The molecule has 0 aromatic heterocycles. The third kappa shape index (κ3) is 1.28. The van der Waals surface area contributed by atoms with Gasteiger partial charge in [-0.25, -0.2) is 0 Å². The molecule has 74 valence electrons. The van der Waals surface area contributed by atoms with Gasteiger partial charge in [0.05, 0.1) is 0 Å². The van der Waals surface area contributed by atoms with E-state index in [0.717, 1.165) is 6.42 Å². The number of fused-ring (bicyclic) bond motifs is 3.